The van der Waals surface area contributed by atoms with Crippen molar-refractivity contribution in [1.29, 1.82) is 0 Å². The molecule has 0 bridgehead atoms. The summed E-state index contributed by atoms with van der Waals surface area (Å²) in [5.74, 6) is 0.859. The number of carbonyl (C=O) groups excluding carboxylic acids is 1. The summed E-state index contributed by atoms with van der Waals surface area (Å²) in [6.07, 6.45) is 0. The van der Waals surface area contributed by atoms with Crippen molar-refractivity contribution in [2.75, 3.05) is 12.4 Å². The summed E-state index contributed by atoms with van der Waals surface area (Å²) >= 11 is 6.04. The average molecular weight is 281 g/mol. The van der Waals surface area contributed by atoms with Crippen LogP contribution in [0.3, 0.4) is 0 Å². The van der Waals surface area contributed by atoms with Gasteiger partial charge < -0.3 is 15.2 Å². The van der Waals surface area contributed by atoms with E-state index in [2.05, 4.69) is 20.8 Å². The molecule has 0 aliphatic rings. The molecule has 19 heavy (non-hydrogen) atoms. The number of hydrogen-bond donors (Lipinski definition) is 2. The minimum atomic E-state index is -0.218. The first-order valence-electron chi connectivity index (χ1n) is 5.65. The molecular weight excluding hydrogens is 268 g/mol. The van der Waals surface area contributed by atoms with Gasteiger partial charge in [0.15, 0.2) is 5.82 Å². The zero-order chi connectivity index (χ0) is 13.8. The second kappa shape index (κ2) is 5.71. The molecule has 1 aromatic heterocycles. The Bertz CT molecular complexity index is 597. The zero-order valence-corrected chi connectivity index (χ0v) is 11.3. The predicted molar refractivity (Wildman–Crippen MR) is 71.2 cm³/mol. The fourth-order valence-electron chi connectivity index (χ4n) is 1.53. The summed E-state index contributed by atoms with van der Waals surface area (Å²) < 4.78 is 4.97. The number of nitrogens with one attached hydrogen (secondary N) is 2. The Morgan fingerprint density at radius 2 is 2.26 bits per heavy atom. The van der Waals surface area contributed by atoms with Crippen LogP contribution in [-0.2, 0) is 6.54 Å². The van der Waals surface area contributed by atoms with Gasteiger partial charge in [-0.15, -0.1) is 0 Å². The highest BCUT2D eigenvalue weighted by Crippen LogP contribution is 2.21. The van der Waals surface area contributed by atoms with E-state index in [0.717, 1.165) is 5.69 Å². The molecule has 0 atom stereocenters. The van der Waals surface area contributed by atoms with Crippen molar-refractivity contribution in [1.82, 2.24) is 15.5 Å². The van der Waals surface area contributed by atoms with Crippen LogP contribution in [0.15, 0.2) is 22.7 Å². The first-order valence-corrected chi connectivity index (χ1v) is 6.02. The Balaban J connectivity index is 2.06. The molecule has 6 nitrogen and oxygen atoms in total. The molecule has 0 aliphatic carbocycles. The Labute approximate surface area is 115 Å². The van der Waals surface area contributed by atoms with Crippen LogP contribution in [0.4, 0.5) is 5.69 Å². The molecule has 0 radical (unpaired) electrons. The summed E-state index contributed by atoms with van der Waals surface area (Å²) in [5, 5.41) is 9.68. The van der Waals surface area contributed by atoms with Gasteiger partial charge in [0, 0.05) is 12.7 Å². The van der Waals surface area contributed by atoms with Gasteiger partial charge >= 0.3 is 0 Å². The van der Waals surface area contributed by atoms with E-state index in [9.17, 15) is 4.79 Å². The highest BCUT2D eigenvalue weighted by molar-refractivity contribution is 6.34. The molecule has 1 amide bonds. The number of carbonyl (C=O) groups is 1. The molecule has 2 rings (SSSR count). The van der Waals surface area contributed by atoms with E-state index in [1.807, 2.05) is 0 Å². The maximum Gasteiger partial charge on any atom is 0.252 e. The third-order valence-electron chi connectivity index (χ3n) is 2.45. The van der Waals surface area contributed by atoms with Crippen molar-refractivity contribution in [2.45, 2.75) is 13.5 Å². The number of aryl methyl sites for hydroxylation is 1. The molecule has 1 heterocycles. The quantitative estimate of drug-likeness (QED) is 0.895. The lowest BCUT2D eigenvalue weighted by atomic mass is 10.2. The SMILES string of the molecule is CNC(=O)c1ccc(NCc2nc(C)no2)cc1Cl. The van der Waals surface area contributed by atoms with Crippen LogP contribution in [-0.4, -0.2) is 23.1 Å². The fourth-order valence-corrected chi connectivity index (χ4v) is 1.80. The molecule has 0 unspecified atom stereocenters. The van der Waals surface area contributed by atoms with Gasteiger partial charge in [-0.1, -0.05) is 16.8 Å². The van der Waals surface area contributed by atoms with E-state index in [4.69, 9.17) is 16.1 Å². The largest absolute Gasteiger partial charge is 0.376 e. The standard InChI is InChI=1S/C12H13ClN4O2/c1-7-16-11(19-17-7)6-15-8-3-4-9(10(13)5-8)12(18)14-2/h3-5,15H,6H2,1-2H3,(H,14,18). The molecular formula is C12H13ClN4O2. The molecule has 100 valence electrons. The average Bonchev–Trinajstić information content (AvgIpc) is 2.81. The van der Waals surface area contributed by atoms with Crippen molar-refractivity contribution in [3.05, 3.63) is 40.5 Å². The number of nitrogens with zero attached hydrogens (tertiary/aromatic N) is 2. The lowest BCUT2D eigenvalue weighted by Gasteiger charge is -2.07. The van der Waals surface area contributed by atoms with Crippen LogP contribution in [0, 0.1) is 6.92 Å². The molecule has 0 spiro atoms. The second-order valence-electron chi connectivity index (χ2n) is 3.86. The molecule has 0 aliphatic heterocycles. The molecule has 2 N–H and O–H groups in total. The number of benzene rings is 1. The van der Waals surface area contributed by atoms with Crippen LogP contribution in [0.5, 0.6) is 0 Å². The third-order valence-corrected chi connectivity index (χ3v) is 2.77. The van der Waals surface area contributed by atoms with Crippen LogP contribution in [0.25, 0.3) is 0 Å². The van der Waals surface area contributed by atoms with E-state index in [-0.39, 0.29) is 5.91 Å². The Morgan fingerprint density at radius 3 is 2.84 bits per heavy atom. The van der Waals surface area contributed by atoms with Crippen molar-refractivity contribution in [3.63, 3.8) is 0 Å². The zero-order valence-electron chi connectivity index (χ0n) is 10.5. The predicted octanol–water partition coefficient (Wildman–Crippen LogP) is 2.00. The summed E-state index contributed by atoms with van der Waals surface area (Å²) in [6.45, 7) is 2.15. The lowest BCUT2D eigenvalue weighted by molar-refractivity contribution is 0.0963. The van der Waals surface area contributed by atoms with Crippen LogP contribution < -0.4 is 10.6 Å². The number of amides is 1. The van der Waals surface area contributed by atoms with Gasteiger partial charge in [-0.25, -0.2) is 0 Å². The molecule has 7 heteroatoms. The van der Waals surface area contributed by atoms with E-state index in [1.165, 1.54) is 0 Å². The van der Waals surface area contributed by atoms with Gasteiger partial charge in [0.2, 0.25) is 5.89 Å². The van der Waals surface area contributed by atoms with Gasteiger partial charge in [0.05, 0.1) is 17.1 Å². The Kier molecular flexibility index (Phi) is 4.01. The van der Waals surface area contributed by atoms with E-state index >= 15 is 0 Å². The van der Waals surface area contributed by atoms with Gasteiger partial charge in [-0.05, 0) is 25.1 Å². The second-order valence-corrected chi connectivity index (χ2v) is 4.27. The number of rotatable bonds is 4. The van der Waals surface area contributed by atoms with Crippen molar-refractivity contribution >= 4 is 23.2 Å². The number of hydrogen-bond acceptors (Lipinski definition) is 5. The highest BCUT2D eigenvalue weighted by Gasteiger charge is 2.09. The molecule has 2 aromatic rings. The van der Waals surface area contributed by atoms with Crippen LogP contribution >= 0.6 is 11.6 Å². The first-order chi connectivity index (χ1) is 9.10. The van der Waals surface area contributed by atoms with Gasteiger partial charge in [0.25, 0.3) is 5.91 Å². The summed E-state index contributed by atoms with van der Waals surface area (Å²) in [4.78, 5) is 15.5. The smallest absolute Gasteiger partial charge is 0.252 e. The molecule has 1 aromatic carbocycles. The minimum Gasteiger partial charge on any atom is -0.376 e. The van der Waals surface area contributed by atoms with Crippen LogP contribution in [0.2, 0.25) is 5.02 Å². The summed E-state index contributed by atoms with van der Waals surface area (Å²) in [5.41, 5.74) is 1.21. The third kappa shape index (κ3) is 3.23. The summed E-state index contributed by atoms with van der Waals surface area (Å²) in [6, 6.07) is 5.09. The molecule has 0 saturated heterocycles. The van der Waals surface area contributed by atoms with Crippen molar-refractivity contribution in [3.8, 4) is 0 Å². The molecule has 0 saturated carbocycles. The van der Waals surface area contributed by atoms with Crippen molar-refractivity contribution in [2.24, 2.45) is 0 Å². The number of anilines is 1. The van der Waals surface area contributed by atoms with E-state index < -0.39 is 0 Å². The Morgan fingerprint density at radius 1 is 1.47 bits per heavy atom. The monoisotopic (exact) mass is 280 g/mol. The molecule has 0 fully saturated rings. The normalized spacial score (nSPS) is 10.3. The Hall–Kier alpha value is -2.08. The minimum absolute atomic E-state index is 0.218. The van der Waals surface area contributed by atoms with Gasteiger partial charge in [0.1, 0.15) is 0 Å². The van der Waals surface area contributed by atoms with Crippen LogP contribution in [0.1, 0.15) is 22.1 Å². The summed E-state index contributed by atoms with van der Waals surface area (Å²) in [7, 11) is 1.56. The highest BCUT2D eigenvalue weighted by atomic mass is 35.5. The number of halogens is 1. The first kappa shape index (κ1) is 13.4. The van der Waals surface area contributed by atoms with Gasteiger partial charge in [-0.3, -0.25) is 4.79 Å². The lowest BCUT2D eigenvalue weighted by Crippen LogP contribution is -2.18. The fraction of sp³-hybridized carbons (Fsp3) is 0.250. The van der Waals surface area contributed by atoms with Crippen molar-refractivity contribution < 1.29 is 9.32 Å². The maximum atomic E-state index is 11.5. The topological polar surface area (TPSA) is 80.0 Å². The van der Waals surface area contributed by atoms with E-state index in [1.54, 1.807) is 32.2 Å². The van der Waals surface area contributed by atoms with Gasteiger partial charge in [-0.2, -0.15) is 4.98 Å². The van der Waals surface area contributed by atoms with E-state index in [0.29, 0.717) is 28.8 Å². The maximum absolute atomic E-state index is 11.5. The number of aromatic nitrogens is 2.